The summed E-state index contributed by atoms with van der Waals surface area (Å²) in [5, 5.41) is 9.54. The maximum absolute atomic E-state index is 6.67. The van der Waals surface area contributed by atoms with E-state index < -0.39 is 0 Å². The van der Waals surface area contributed by atoms with Crippen molar-refractivity contribution in [2.75, 3.05) is 0 Å². The zero-order chi connectivity index (χ0) is 29.9. The number of hydrogen-bond acceptors (Lipinski definition) is 3. The van der Waals surface area contributed by atoms with E-state index in [-0.39, 0.29) is 0 Å². The van der Waals surface area contributed by atoms with Crippen LogP contribution in [0.4, 0.5) is 0 Å². The molecule has 4 nitrogen and oxygen atoms in total. The highest BCUT2D eigenvalue weighted by molar-refractivity contribution is 7.26. The molecule has 0 aliphatic rings. The quantitative estimate of drug-likeness (QED) is 0.196. The molecule has 0 N–H and O–H groups in total. The Bertz CT molecular complexity index is 2990. The molecule has 0 unspecified atom stereocenters. The van der Waals surface area contributed by atoms with Crippen LogP contribution in [0.15, 0.2) is 144 Å². The van der Waals surface area contributed by atoms with E-state index in [9.17, 15) is 0 Å². The molecule has 214 valence electrons. The van der Waals surface area contributed by atoms with Gasteiger partial charge in [0.25, 0.3) is 0 Å². The van der Waals surface area contributed by atoms with Crippen molar-refractivity contribution in [3.63, 3.8) is 0 Å². The molecule has 4 heterocycles. The summed E-state index contributed by atoms with van der Waals surface area (Å²) in [7, 11) is 0. The maximum atomic E-state index is 6.67. The highest BCUT2D eigenvalue weighted by atomic mass is 32.1. The summed E-state index contributed by atoms with van der Waals surface area (Å²) in [6, 6.07) is 50.5. The first kappa shape index (κ1) is 24.4. The predicted molar refractivity (Wildman–Crippen MR) is 193 cm³/mol. The topological polar surface area (TPSA) is 35.9 Å². The number of benzene rings is 7. The van der Waals surface area contributed by atoms with Gasteiger partial charge in [-0.2, -0.15) is 4.98 Å². The minimum atomic E-state index is 0.582. The van der Waals surface area contributed by atoms with Crippen LogP contribution < -0.4 is 0 Å². The summed E-state index contributed by atoms with van der Waals surface area (Å²) in [6.07, 6.45) is 0. The molecule has 0 bridgehead atoms. The van der Waals surface area contributed by atoms with E-state index in [0.717, 1.165) is 38.6 Å². The molecule has 0 atom stereocenters. The molecule has 46 heavy (non-hydrogen) atoms. The van der Waals surface area contributed by atoms with Crippen LogP contribution in [0.5, 0.6) is 0 Å². The molecular formula is C41H23N3OS. The van der Waals surface area contributed by atoms with Gasteiger partial charge in [-0.1, -0.05) is 97.1 Å². The van der Waals surface area contributed by atoms with Crippen LogP contribution in [0.25, 0.3) is 97.4 Å². The van der Waals surface area contributed by atoms with Crippen LogP contribution in [0.2, 0.25) is 0 Å². The van der Waals surface area contributed by atoms with Crippen molar-refractivity contribution in [1.29, 1.82) is 0 Å². The van der Waals surface area contributed by atoms with E-state index in [4.69, 9.17) is 9.40 Å². The average molecular weight is 606 g/mol. The largest absolute Gasteiger partial charge is 0.423 e. The minimum Gasteiger partial charge on any atom is -0.423 e. The van der Waals surface area contributed by atoms with Gasteiger partial charge in [-0.25, -0.2) is 0 Å². The van der Waals surface area contributed by atoms with E-state index in [1.54, 1.807) is 11.3 Å². The third-order valence-corrected chi connectivity index (χ3v) is 10.7. The highest BCUT2D eigenvalue weighted by Crippen LogP contribution is 2.43. The van der Waals surface area contributed by atoms with E-state index >= 15 is 0 Å². The van der Waals surface area contributed by atoms with E-state index in [0.29, 0.717) is 6.01 Å². The lowest BCUT2D eigenvalue weighted by Gasteiger charge is -2.14. The lowest BCUT2D eigenvalue weighted by Crippen LogP contribution is -1.98. The third-order valence-electron chi connectivity index (χ3n) is 9.55. The van der Waals surface area contributed by atoms with Gasteiger partial charge in [-0.3, -0.25) is 4.57 Å². The molecule has 0 radical (unpaired) electrons. The monoisotopic (exact) mass is 605 g/mol. The summed E-state index contributed by atoms with van der Waals surface area (Å²) in [5.41, 5.74) is 7.42. The molecule has 0 aliphatic carbocycles. The van der Waals surface area contributed by atoms with Gasteiger partial charge >= 0.3 is 6.01 Å². The van der Waals surface area contributed by atoms with Crippen molar-refractivity contribution in [2.45, 2.75) is 0 Å². The number of oxazole rings is 1. The second kappa shape index (κ2) is 8.84. The summed E-state index contributed by atoms with van der Waals surface area (Å²) in [5.74, 6) is 0. The summed E-state index contributed by atoms with van der Waals surface area (Å²) < 4.78 is 13.8. The first-order valence-electron chi connectivity index (χ1n) is 15.5. The van der Waals surface area contributed by atoms with Gasteiger partial charge < -0.3 is 8.98 Å². The molecule has 0 amide bonds. The Kier molecular flexibility index (Phi) is 4.69. The average Bonchev–Trinajstić information content (AvgIpc) is 3.87. The zero-order valence-corrected chi connectivity index (χ0v) is 25.3. The highest BCUT2D eigenvalue weighted by Gasteiger charge is 2.23. The van der Waals surface area contributed by atoms with Crippen molar-refractivity contribution in [2.24, 2.45) is 0 Å². The fraction of sp³-hybridized carbons (Fsp3) is 0. The number of para-hydroxylation sites is 3. The molecular weight excluding hydrogens is 583 g/mol. The van der Waals surface area contributed by atoms with Crippen LogP contribution in [0.3, 0.4) is 0 Å². The molecule has 7 aromatic carbocycles. The van der Waals surface area contributed by atoms with Gasteiger partial charge in [0.05, 0.1) is 27.8 Å². The van der Waals surface area contributed by atoms with E-state index in [1.807, 2.05) is 0 Å². The second-order valence-corrected chi connectivity index (χ2v) is 13.0. The molecule has 0 saturated heterocycles. The molecule has 0 saturated carbocycles. The Balaban J connectivity index is 1.29. The lowest BCUT2D eigenvalue weighted by atomic mass is 10.0. The fourth-order valence-corrected chi connectivity index (χ4v) is 8.76. The number of fused-ring (bicyclic) bond motifs is 13. The summed E-state index contributed by atoms with van der Waals surface area (Å²) in [6.45, 7) is 0. The fourth-order valence-electron chi connectivity index (χ4n) is 7.66. The summed E-state index contributed by atoms with van der Waals surface area (Å²) in [4.78, 5) is 5.26. The number of thiophene rings is 1. The van der Waals surface area contributed by atoms with Crippen LogP contribution in [-0.4, -0.2) is 14.1 Å². The number of aromatic nitrogens is 3. The smallest absolute Gasteiger partial charge is 0.307 e. The van der Waals surface area contributed by atoms with Crippen LogP contribution in [0.1, 0.15) is 0 Å². The SMILES string of the molecule is c1ccc2c(c1)sc1ccc3oc(-n4c5ccccc5c5cc(-n6c7ccccc7c7ccccc76)c6ccccc6c54)nc3c12. The van der Waals surface area contributed by atoms with E-state index in [1.165, 1.54) is 52.8 Å². The van der Waals surface area contributed by atoms with Crippen LogP contribution in [0, 0.1) is 0 Å². The van der Waals surface area contributed by atoms with E-state index in [2.05, 4.69) is 149 Å². The van der Waals surface area contributed by atoms with Crippen molar-refractivity contribution in [3.05, 3.63) is 140 Å². The molecule has 11 aromatic rings. The molecule has 5 heteroatoms. The summed E-state index contributed by atoms with van der Waals surface area (Å²) >= 11 is 1.80. The normalized spacial score (nSPS) is 12.3. The van der Waals surface area contributed by atoms with Gasteiger partial charge in [0, 0.05) is 52.5 Å². The standard InChI is InChI=1S/C41H23N3OS/c1-2-15-28-26(13-1)34(43-31-17-7-3-11-24(31)25-12-4-8-18-32(25)43)23-30-27-14-5-9-19-33(27)44(40(28)30)41-42-39-35(45-41)21-22-37-38(39)29-16-6-10-20-36(29)46-37/h1-23H. The molecule has 0 spiro atoms. The van der Waals surface area contributed by atoms with Crippen LogP contribution >= 0.6 is 11.3 Å². The Morgan fingerprint density at radius 2 is 1.04 bits per heavy atom. The number of rotatable bonds is 2. The number of hydrogen-bond donors (Lipinski definition) is 0. The Morgan fingerprint density at radius 3 is 1.76 bits per heavy atom. The van der Waals surface area contributed by atoms with Crippen molar-refractivity contribution in [3.8, 4) is 11.7 Å². The first-order valence-corrected chi connectivity index (χ1v) is 16.3. The van der Waals surface area contributed by atoms with Gasteiger partial charge in [0.1, 0.15) is 5.52 Å². The maximum Gasteiger partial charge on any atom is 0.307 e. The second-order valence-electron chi connectivity index (χ2n) is 11.9. The Labute approximate surface area is 265 Å². The minimum absolute atomic E-state index is 0.582. The van der Waals surface area contributed by atoms with Gasteiger partial charge in [0.15, 0.2) is 5.58 Å². The molecule has 4 aromatic heterocycles. The van der Waals surface area contributed by atoms with Gasteiger partial charge in [0.2, 0.25) is 0 Å². The lowest BCUT2D eigenvalue weighted by molar-refractivity contribution is 0.575. The number of nitrogens with zero attached hydrogens (tertiary/aromatic N) is 3. The molecule has 11 rings (SSSR count). The van der Waals surface area contributed by atoms with Crippen LogP contribution in [-0.2, 0) is 0 Å². The molecule has 0 aliphatic heterocycles. The first-order chi connectivity index (χ1) is 22.8. The van der Waals surface area contributed by atoms with Crippen molar-refractivity contribution in [1.82, 2.24) is 14.1 Å². The Hall–Kier alpha value is -5.91. The predicted octanol–water partition coefficient (Wildman–Crippen LogP) is 11.5. The van der Waals surface area contributed by atoms with Gasteiger partial charge in [-0.15, -0.1) is 11.3 Å². The Morgan fingerprint density at radius 1 is 0.478 bits per heavy atom. The zero-order valence-electron chi connectivity index (χ0n) is 24.4. The molecule has 0 fully saturated rings. The van der Waals surface area contributed by atoms with Crippen molar-refractivity contribution >= 4 is 97.0 Å². The third kappa shape index (κ3) is 3.10. The van der Waals surface area contributed by atoms with Crippen molar-refractivity contribution < 1.29 is 4.42 Å². The van der Waals surface area contributed by atoms with Gasteiger partial charge in [-0.05, 0) is 42.5 Å².